The maximum atomic E-state index is 11.8. The van der Waals surface area contributed by atoms with Crippen LogP contribution in [0.3, 0.4) is 0 Å². The highest BCUT2D eigenvalue weighted by Crippen LogP contribution is 2.23. The molecule has 2 rings (SSSR count). The average Bonchev–Trinajstić information content (AvgIpc) is 2.77. The van der Waals surface area contributed by atoms with Gasteiger partial charge in [0.15, 0.2) is 11.5 Å². The van der Waals surface area contributed by atoms with Crippen molar-refractivity contribution in [3.63, 3.8) is 0 Å². The maximum Gasteiger partial charge on any atom is 0.356 e. The second kappa shape index (κ2) is 5.32. The van der Waals surface area contributed by atoms with E-state index in [4.69, 9.17) is 10.6 Å². The molecule has 1 aromatic rings. The molecule has 98 valence electrons. The first-order valence-electron chi connectivity index (χ1n) is 5.50. The van der Waals surface area contributed by atoms with Gasteiger partial charge in [-0.25, -0.2) is 4.79 Å². The topological polar surface area (TPSA) is 132 Å². The maximum absolute atomic E-state index is 11.8. The van der Waals surface area contributed by atoms with E-state index in [2.05, 4.69) is 20.2 Å². The van der Waals surface area contributed by atoms with Crippen molar-refractivity contribution in [2.24, 2.45) is 11.0 Å². The third kappa shape index (κ3) is 2.78. The smallest absolute Gasteiger partial charge is 0.356 e. The number of hydrogen-bond donors (Lipinski definition) is 1. The Morgan fingerprint density at radius 1 is 1.58 bits per heavy atom. The molecule has 9 nitrogen and oxygen atoms in total. The number of amides is 1. The molecule has 2 heterocycles. The molecule has 1 aliphatic heterocycles. The van der Waals surface area contributed by atoms with E-state index in [1.165, 1.54) is 17.0 Å². The summed E-state index contributed by atoms with van der Waals surface area (Å²) in [5.41, 5.74) is 8.06. The van der Waals surface area contributed by atoms with Crippen LogP contribution in [0.4, 0.5) is 5.82 Å². The summed E-state index contributed by atoms with van der Waals surface area (Å²) in [4.78, 5) is 26.5. The van der Waals surface area contributed by atoms with Crippen LogP contribution >= 0.6 is 0 Å². The lowest BCUT2D eigenvalue weighted by Crippen LogP contribution is -2.26. The number of carbonyl (C=O) groups is 2. The first-order chi connectivity index (χ1) is 9.11. The Balaban J connectivity index is 2.11. The zero-order valence-electron chi connectivity index (χ0n) is 9.80. The Kier molecular flexibility index (Phi) is 3.58. The minimum atomic E-state index is -1.17. The summed E-state index contributed by atoms with van der Waals surface area (Å²) in [7, 11) is 0. The molecular weight excluding hydrogens is 252 g/mol. The van der Waals surface area contributed by atoms with Gasteiger partial charge in [-0.2, -0.15) is 0 Å². The Bertz CT molecular complexity index is 551. The first-order valence-corrected chi connectivity index (χ1v) is 5.50. The van der Waals surface area contributed by atoms with Crippen LogP contribution in [0.15, 0.2) is 17.2 Å². The van der Waals surface area contributed by atoms with E-state index in [0.717, 1.165) is 0 Å². The number of azide groups is 1. The lowest BCUT2D eigenvalue weighted by Gasteiger charge is -2.14. The van der Waals surface area contributed by atoms with E-state index in [0.29, 0.717) is 12.4 Å². The zero-order valence-corrected chi connectivity index (χ0v) is 9.80. The fourth-order valence-electron chi connectivity index (χ4n) is 1.86. The van der Waals surface area contributed by atoms with Crippen molar-refractivity contribution >= 4 is 17.7 Å². The summed E-state index contributed by atoms with van der Waals surface area (Å²) >= 11 is 0. The van der Waals surface area contributed by atoms with E-state index < -0.39 is 5.97 Å². The summed E-state index contributed by atoms with van der Waals surface area (Å²) in [5.74, 6) is -1.06. The molecule has 0 aliphatic carbocycles. The number of carbonyl (C=O) groups excluding carboxylic acids is 1. The average molecular weight is 262 g/mol. The molecule has 19 heavy (non-hydrogen) atoms. The van der Waals surface area contributed by atoms with Crippen molar-refractivity contribution in [2.75, 3.05) is 18.0 Å². The lowest BCUT2D eigenvalue weighted by molar-refractivity contribution is -0.117. The quantitative estimate of drug-likeness (QED) is 0.487. The number of rotatable bonds is 4. The number of aromatic carboxylic acids is 1. The van der Waals surface area contributed by atoms with Crippen LogP contribution in [-0.2, 0) is 4.79 Å². The molecule has 1 saturated heterocycles. The lowest BCUT2D eigenvalue weighted by atomic mass is 10.1. The molecule has 1 unspecified atom stereocenters. The van der Waals surface area contributed by atoms with Gasteiger partial charge in [0.25, 0.3) is 0 Å². The number of aromatic nitrogens is 2. The van der Waals surface area contributed by atoms with E-state index in [1.54, 1.807) is 0 Å². The SMILES string of the molecule is [N-]=[N+]=NCC1CC(=O)N(c2ccc(C(=O)O)nn2)C1. The summed E-state index contributed by atoms with van der Waals surface area (Å²) in [5, 5.41) is 19.4. The van der Waals surface area contributed by atoms with Crippen LogP contribution in [0.5, 0.6) is 0 Å². The van der Waals surface area contributed by atoms with Gasteiger partial charge in [-0.3, -0.25) is 9.69 Å². The van der Waals surface area contributed by atoms with Crippen molar-refractivity contribution in [1.82, 2.24) is 10.2 Å². The van der Waals surface area contributed by atoms with Gasteiger partial charge in [-0.15, -0.1) is 10.2 Å². The normalized spacial score (nSPS) is 18.2. The van der Waals surface area contributed by atoms with E-state index in [9.17, 15) is 9.59 Å². The first kappa shape index (κ1) is 12.8. The molecule has 1 amide bonds. The van der Waals surface area contributed by atoms with Crippen LogP contribution in [-0.4, -0.2) is 40.3 Å². The molecule has 1 atom stereocenters. The van der Waals surface area contributed by atoms with Gasteiger partial charge in [0.2, 0.25) is 5.91 Å². The van der Waals surface area contributed by atoms with Crippen LogP contribution in [0.2, 0.25) is 0 Å². The van der Waals surface area contributed by atoms with Gasteiger partial charge in [-0.1, -0.05) is 5.11 Å². The number of nitrogens with zero attached hydrogens (tertiary/aromatic N) is 6. The fraction of sp³-hybridized carbons (Fsp3) is 0.400. The van der Waals surface area contributed by atoms with Gasteiger partial charge in [-0.05, 0) is 23.6 Å². The molecule has 0 radical (unpaired) electrons. The largest absolute Gasteiger partial charge is 0.476 e. The van der Waals surface area contributed by atoms with Gasteiger partial charge >= 0.3 is 5.97 Å². The van der Waals surface area contributed by atoms with Crippen molar-refractivity contribution in [3.8, 4) is 0 Å². The molecular formula is C10H10N6O3. The summed E-state index contributed by atoms with van der Waals surface area (Å²) in [6.45, 7) is 0.637. The minimum absolute atomic E-state index is 0.0515. The second-order valence-corrected chi connectivity index (χ2v) is 4.07. The molecule has 1 aliphatic rings. The Morgan fingerprint density at radius 2 is 2.37 bits per heavy atom. The number of hydrogen-bond acceptors (Lipinski definition) is 5. The zero-order chi connectivity index (χ0) is 13.8. The summed E-state index contributed by atoms with van der Waals surface area (Å²) < 4.78 is 0. The molecule has 1 N–H and O–H groups in total. The van der Waals surface area contributed by atoms with Crippen molar-refractivity contribution in [2.45, 2.75) is 6.42 Å². The molecule has 0 spiro atoms. The van der Waals surface area contributed by atoms with Crippen molar-refractivity contribution in [1.29, 1.82) is 0 Å². The molecule has 9 heteroatoms. The highest BCUT2D eigenvalue weighted by atomic mass is 16.4. The van der Waals surface area contributed by atoms with E-state index in [-0.39, 0.29) is 30.5 Å². The third-order valence-corrected chi connectivity index (χ3v) is 2.75. The molecule has 0 bridgehead atoms. The van der Waals surface area contributed by atoms with E-state index in [1.807, 2.05) is 0 Å². The fourth-order valence-corrected chi connectivity index (χ4v) is 1.86. The number of anilines is 1. The van der Waals surface area contributed by atoms with Crippen molar-refractivity contribution in [3.05, 3.63) is 28.3 Å². The van der Waals surface area contributed by atoms with Crippen LogP contribution < -0.4 is 4.90 Å². The van der Waals surface area contributed by atoms with Crippen LogP contribution in [0.1, 0.15) is 16.9 Å². The Hall–Kier alpha value is -2.67. The van der Waals surface area contributed by atoms with Crippen molar-refractivity contribution < 1.29 is 14.7 Å². The van der Waals surface area contributed by atoms with Gasteiger partial charge in [0.1, 0.15) is 0 Å². The van der Waals surface area contributed by atoms with Crippen LogP contribution in [0, 0.1) is 5.92 Å². The highest BCUT2D eigenvalue weighted by Gasteiger charge is 2.31. The highest BCUT2D eigenvalue weighted by molar-refractivity contribution is 5.95. The monoisotopic (exact) mass is 262 g/mol. The predicted molar refractivity (Wildman–Crippen MR) is 63.5 cm³/mol. The van der Waals surface area contributed by atoms with E-state index >= 15 is 0 Å². The minimum Gasteiger partial charge on any atom is -0.476 e. The number of carboxylic acid groups (broad SMARTS) is 1. The van der Waals surface area contributed by atoms with Gasteiger partial charge in [0.05, 0.1) is 0 Å². The summed E-state index contributed by atoms with van der Waals surface area (Å²) in [6.07, 6.45) is 0.279. The standard InChI is InChI=1S/C10H10N6O3/c11-15-12-4-6-3-9(17)16(5-6)8-2-1-7(10(18)19)13-14-8/h1-2,6H,3-5H2,(H,18,19). The Morgan fingerprint density at radius 3 is 2.95 bits per heavy atom. The second-order valence-electron chi connectivity index (χ2n) is 4.07. The molecule has 0 saturated carbocycles. The predicted octanol–water partition coefficient (Wildman–Crippen LogP) is 0.838. The third-order valence-electron chi connectivity index (χ3n) is 2.75. The molecule has 1 aromatic heterocycles. The molecule has 1 fully saturated rings. The Labute approximate surface area is 107 Å². The van der Waals surface area contributed by atoms with Gasteiger partial charge in [0, 0.05) is 24.4 Å². The van der Waals surface area contributed by atoms with Crippen LogP contribution in [0.25, 0.3) is 10.4 Å². The molecule has 0 aromatic carbocycles. The number of carboxylic acids is 1. The summed E-state index contributed by atoms with van der Waals surface area (Å²) in [6, 6.07) is 2.73. The van der Waals surface area contributed by atoms with Gasteiger partial charge < -0.3 is 5.11 Å².